The molecule has 0 aliphatic rings. The molecule has 0 unspecified atom stereocenters. The first-order valence-electron chi connectivity index (χ1n) is 7.81. The van der Waals surface area contributed by atoms with Crippen molar-refractivity contribution in [3.63, 3.8) is 0 Å². The Balaban J connectivity index is 1.96. The highest BCUT2D eigenvalue weighted by atomic mass is 79.9. The van der Waals surface area contributed by atoms with Crippen molar-refractivity contribution in [1.82, 2.24) is 5.32 Å². The molecule has 138 valence electrons. The number of carbonyl (C=O) groups excluding carboxylic acids is 3. The van der Waals surface area contributed by atoms with Gasteiger partial charge in [0, 0.05) is 5.69 Å². The van der Waals surface area contributed by atoms with Crippen molar-refractivity contribution in [2.75, 3.05) is 19.0 Å². The van der Waals surface area contributed by atoms with Crippen molar-refractivity contribution in [1.29, 1.82) is 0 Å². The minimum atomic E-state index is -0.507. The van der Waals surface area contributed by atoms with E-state index in [0.717, 1.165) is 5.56 Å². The molecular weight excluding hydrogens is 404 g/mol. The number of halogens is 1. The van der Waals surface area contributed by atoms with Crippen molar-refractivity contribution < 1.29 is 23.5 Å². The van der Waals surface area contributed by atoms with E-state index in [1.54, 1.807) is 38.1 Å². The van der Waals surface area contributed by atoms with Gasteiger partial charge in [-0.2, -0.15) is 0 Å². The van der Waals surface area contributed by atoms with Gasteiger partial charge in [-0.3, -0.25) is 14.4 Å². The average Bonchev–Trinajstić information content (AvgIpc) is 2.86. The number of hydrogen-bond acceptors (Lipinski definition) is 5. The highest BCUT2D eigenvalue weighted by Gasteiger charge is 2.19. The second-order valence-electron chi connectivity index (χ2n) is 5.58. The molecule has 0 aliphatic heterocycles. The lowest BCUT2D eigenvalue weighted by atomic mass is 10.1. The summed E-state index contributed by atoms with van der Waals surface area (Å²) in [6, 6.07) is 6.87. The van der Waals surface area contributed by atoms with E-state index in [2.05, 4.69) is 31.3 Å². The molecule has 0 bridgehead atoms. The summed E-state index contributed by atoms with van der Waals surface area (Å²) in [5.74, 6) is 0.0921. The molecule has 0 saturated carbocycles. The van der Waals surface area contributed by atoms with E-state index in [-0.39, 0.29) is 24.8 Å². The van der Waals surface area contributed by atoms with E-state index < -0.39 is 5.97 Å². The zero-order chi connectivity index (χ0) is 19.3. The number of furan rings is 1. The summed E-state index contributed by atoms with van der Waals surface area (Å²) in [5, 5.41) is 5.26. The lowest BCUT2D eigenvalue weighted by Crippen LogP contribution is -2.31. The second-order valence-corrected chi connectivity index (χ2v) is 6.38. The Hall–Kier alpha value is -2.61. The van der Waals surface area contributed by atoms with Gasteiger partial charge in [-0.15, -0.1) is 0 Å². The van der Waals surface area contributed by atoms with Gasteiger partial charge in [-0.25, -0.2) is 0 Å². The van der Waals surface area contributed by atoms with E-state index >= 15 is 0 Å². The van der Waals surface area contributed by atoms with Crippen molar-refractivity contribution >= 4 is 39.4 Å². The summed E-state index contributed by atoms with van der Waals surface area (Å²) in [5.41, 5.74) is 1.80. The third-order valence-electron chi connectivity index (χ3n) is 3.65. The molecule has 0 spiro atoms. The maximum atomic E-state index is 12.4. The quantitative estimate of drug-likeness (QED) is 0.697. The highest BCUT2D eigenvalue weighted by molar-refractivity contribution is 9.10. The van der Waals surface area contributed by atoms with E-state index in [1.165, 1.54) is 7.11 Å². The molecule has 0 atom stereocenters. The number of aryl methyl sites for hydroxylation is 2. The Morgan fingerprint density at radius 3 is 2.31 bits per heavy atom. The van der Waals surface area contributed by atoms with E-state index in [0.29, 0.717) is 27.2 Å². The van der Waals surface area contributed by atoms with Gasteiger partial charge in [0.25, 0.3) is 5.91 Å². The van der Waals surface area contributed by atoms with Gasteiger partial charge in [-0.1, -0.05) is 12.1 Å². The number of benzene rings is 1. The fraction of sp³-hybridized carbons (Fsp3) is 0.278. The number of esters is 1. The first-order valence-corrected chi connectivity index (χ1v) is 8.60. The molecule has 2 aromatic rings. The molecule has 2 rings (SSSR count). The highest BCUT2D eigenvalue weighted by Crippen LogP contribution is 2.28. The van der Waals surface area contributed by atoms with Crippen LogP contribution in [0.15, 0.2) is 33.2 Å². The molecule has 1 heterocycles. The van der Waals surface area contributed by atoms with Crippen LogP contribution in [-0.4, -0.2) is 31.4 Å². The van der Waals surface area contributed by atoms with Gasteiger partial charge in [0.2, 0.25) is 5.91 Å². The maximum Gasteiger partial charge on any atom is 0.325 e. The molecule has 1 aromatic heterocycles. The minimum absolute atomic E-state index is 0.122. The van der Waals surface area contributed by atoms with Crippen LogP contribution in [0.1, 0.15) is 27.4 Å². The average molecular weight is 423 g/mol. The second kappa shape index (κ2) is 8.66. The van der Waals surface area contributed by atoms with Crippen molar-refractivity contribution in [3.8, 4) is 0 Å². The van der Waals surface area contributed by atoms with Crippen LogP contribution in [0, 0.1) is 13.8 Å². The number of carbonyl (C=O) groups is 3. The number of hydrogen-bond donors (Lipinski definition) is 2. The zero-order valence-corrected chi connectivity index (χ0v) is 16.2. The SMILES string of the molecule is COC(=O)CNC(=O)Cc1ccc(NC(=O)c2c(C)oc(C)c2Br)cc1. The number of ether oxygens (including phenoxy) is 1. The van der Waals surface area contributed by atoms with Crippen molar-refractivity contribution in [2.24, 2.45) is 0 Å². The first kappa shape index (κ1) is 19.7. The molecule has 7 nitrogen and oxygen atoms in total. The molecule has 2 amide bonds. The fourth-order valence-corrected chi connectivity index (χ4v) is 2.85. The van der Waals surface area contributed by atoms with Gasteiger partial charge >= 0.3 is 5.97 Å². The van der Waals surface area contributed by atoms with Crippen LogP contribution in [-0.2, 0) is 20.7 Å². The largest absolute Gasteiger partial charge is 0.468 e. The summed E-state index contributed by atoms with van der Waals surface area (Å²) >= 11 is 3.35. The predicted octanol–water partition coefficient (Wildman–Crippen LogP) is 2.74. The number of rotatable bonds is 6. The molecule has 0 fully saturated rings. The minimum Gasteiger partial charge on any atom is -0.468 e. The van der Waals surface area contributed by atoms with Crippen LogP contribution in [0.4, 0.5) is 5.69 Å². The topological polar surface area (TPSA) is 97.6 Å². The maximum absolute atomic E-state index is 12.4. The lowest BCUT2D eigenvalue weighted by Gasteiger charge is -2.07. The van der Waals surface area contributed by atoms with Crippen LogP contribution in [0.5, 0.6) is 0 Å². The van der Waals surface area contributed by atoms with Crippen LogP contribution in [0.3, 0.4) is 0 Å². The summed E-state index contributed by atoms with van der Waals surface area (Å²) in [4.78, 5) is 35.1. The van der Waals surface area contributed by atoms with Crippen LogP contribution < -0.4 is 10.6 Å². The van der Waals surface area contributed by atoms with Gasteiger partial charge in [0.15, 0.2) is 0 Å². The Bertz CT molecular complexity index is 827. The first-order chi connectivity index (χ1) is 12.3. The van der Waals surface area contributed by atoms with Gasteiger partial charge in [-0.05, 0) is 47.5 Å². The fourth-order valence-electron chi connectivity index (χ4n) is 2.31. The number of amides is 2. The van der Waals surface area contributed by atoms with Crippen LogP contribution in [0.25, 0.3) is 0 Å². The smallest absolute Gasteiger partial charge is 0.325 e. The monoisotopic (exact) mass is 422 g/mol. The Labute approximate surface area is 159 Å². The lowest BCUT2D eigenvalue weighted by molar-refractivity contribution is -0.141. The molecule has 0 radical (unpaired) electrons. The molecule has 0 aliphatic carbocycles. The number of anilines is 1. The van der Waals surface area contributed by atoms with E-state index in [4.69, 9.17) is 4.42 Å². The number of methoxy groups -OCH3 is 1. The molecule has 8 heteroatoms. The van der Waals surface area contributed by atoms with Crippen LogP contribution in [0.2, 0.25) is 0 Å². The Morgan fingerprint density at radius 1 is 1.12 bits per heavy atom. The van der Waals surface area contributed by atoms with Crippen LogP contribution >= 0.6 is 15.9 Å². The third kappa shape index (κ3) is 4.95. The Kier molecular flexibility index (Phi) is 6.57. The summed E-state index contributed by atoms with van der Waals surface area (Å²) in [6.07, 6.45) is 0.122. The van der Waals surface area contributed by atoms with Crippen molar-refractivity contribution in [3.05, 3.63) is 51.4 Å². The summed E-state index contributed by atoms with van der Waals surface area (Å²) in [6.45, 7) is 3.33. The third-order valence-corrected chi connectivity index (χ3v) is 4.60. The van der Waals surface area contributed by atoms with E-state index in [9.17, 15) is 14.4 Å². The molecule has 1 aromatic carbocycles. The molecule has 26 heavy (non-hydrogen) atoms. The summed E-state index contributed by atoms with van der Waals surface area (Å²) in [7, 11) is 1.26. The molecule has 2 N–H and O–H groups in total. The summed E-state index contributed by atoms with van der Waals surface area (Å²) < 4.78 is 10.5. The van der Waals surface area contributed by atoms with Gasteiger partial charge in [0.05, 0.1) is 23.6 Å². The standard InChI is InChI=1S/C18H19BrN2O5/c1-10-16(17(19)11(2)26-10)18(24)21-13-6-4-12(5-7-13)8-14(22)20-9-15(23)25-3/h4-7H,8-9H2,1-3H3,(H,20,22)(H,21,24). The molecular formula is C18H19BrN2O5. The van der Waals surface area contributed by atoms with Gasteiger partial charge < -0.3 is 19.8 Å². The van der Waals surface area contributed by atoms with E-state index in [1.807, 2.05) is 0 Å². The predicted molar refractivity (Wildman–Crippen MR) is 99.0 cm³/mol. The van der Waals surface area contributed by atoms with Gasteiger partial charge in [0.1, 0.15) is 18.1 Å². The zero-order valence-electron chi connectivity index (χ0n) is 14.6. The Morgan fingerprint density at radius 2 is 1.77 bits per heavy atom. The number of nitrogens with one attached hydrogen (secondary N) is 2. The molecule has 0 saturated heterocycles. The van der Waals surface area contributed by atoms with Crippen molar-refractivity contribution in [2.45, 2.75) is 20.3 Å². The normalized spacial score (nSPS) is 10.3.